The minimum atomic E-state index is -3.23. The minimum absolute atomic E-state index is 0.0541. The van der Waals surface area contributed by atoms with Crippen molar-refractivity contribution in [3.8, 4) is 0 Å². The first-order valence-corrected chi connectivity index (χ1v) is 8.56. The first-order valence-electron chi connectivity index (χ1n) is 6.74. The van der Waals surface area contributed by atoms with Crippen molar-refractivity contribution in [2.45, 2.75) is 18.9 Å². The number of benzene rings is 1. The maximum absolute atomic E-state index is 12.0. The van der Waals surface area contributed by atoms with Crippen molar-refractivity contribution in [2.24, 2.45) is 0 Å². The summed E-state index contributed by atoms with van der Waals surface area (Å²) in [5.41, 5.74) is -2.32. The van der Waals surface area contributed by atoms with Crippen molar-refractivity contribution in [2.75, 3.05) is 16.8 Å². The zero-order chi connectivity index (χ0) is 18.1. The summed E-state index contributed by atoms with van der Waals surface area (Å²) in [6.07, 6.45) is 0.227. The lowest BCUT2D eigenvalue weighted by Gasteiger charge is -2.23. The van der Waals surface area contributed by atoms with E-state index < -0.39 is 42.6 Å². The summed E-state index contributed by atoms with van der Waals surface area (Å²) in [7, 11) is -3.23. The van der Waals surface area contributed by atoms with Gasteiger partial charge in [-0.3, -0.25) is 20.2 Å². The molecule has 0 aliphatic carbocycles. The van der Waals surface area contributed by atoms with Crippen LogP contribution in [0.15, 0.2) is 18.2 Å². The predicted molar refractivity (Wildman–Crippen MR) is 83.6 cm³/mol. The van der Waals surface area contributed by atoms with Crippen LogP contribution in [0.2, 0.25) is 0 Å². The zero-order valence-corrected chi connectivity index (χ0v) is 13.3. The third-order valence-electron chi connectivity index (χ3n) is 3.56. The van der Waals surface area contributed by atoms with E-state index in [9.17, 15) is 33.4 Å². The lowest BCUT2D eigenvalue weighted by molar-refractivity contribution is -0.393. The number of nitro groups is 2. The van der Waals surface area contributed by atoms with E-state index in [-0.39, 0.29) is 23.6 Å². The molecule has 1 aromatic carbocycles. The smallest absolute Gasteiger partial charge is 0.319 e. The van der Waals surface area contributed by atoms with Crippen molar-refractivity contribution in [1.29, 1.82) is 0 Å². The number of carbonyl (C=O) groups excluding carboxylic acids is 1. The van der Waals surface area contributed by atoms with Gasteiger partial charge in [0.25, 0.3) is 11.4 Å². The van der Waals surface area contributed by atoms with Gasteiger partial charge in [0.15, 0.2) is 9.84 Å². The van der Waals surface area contributed by atoms with E-state index in [1.165, 1.54) is 0 Å². The standard InChI is InChI=1S/C12H14N4O7S/c1-12(4-5-24(22,23)7-12)14-11(17)13-9-3-2-8(15(18)19)6-10(9)16(20)21/h2-3,6H,4-5,7H2,1H3,(H2,13,14,17)/t12-/m0/s1. The molecule has 1 aliphatic rings. The van der Waals surface area contributed by atoms with E-state index in [4.69, 9.17) is 0 Å². The molecule has 1 heterocycles. The van der Waals surface area contributed by atoms with E-state index in [2.05, 4.69) is 10.6 Å². The molecule has 1 aromatic rings. The van der Waals surface area contributed by atoms with Gasteiger partial charge in [-0.15, -0.1) is 0 Å². The third kappa shape index (κ3) is 3.95. The lowest BCUT2D eigenvalue weighted by atomic mass is 10.0. The molecule has 2 amide bonds. The second kappa shape index (κ2) is 6.03. The Bertz CT molecular complexity index is 823. The Balaban J connectivity index is 2.17. The molecule has 1 fully saturated rings. The number of hydrogen-bond donors (Lipinski definition) is 2. The number of non-ortho nitro benzene ring substituents is 1. The molecule has 0 radical (unpaired) electrons. The minimum Gasteiger partial charge on any atom is -0.332 e. The largest absolute Gasteiger partial charge is 0.332 e. The summed E-state index contributed by atoms with van der Waals surface area (Å²) in [5, 5.41) is 26.4. The van der Waals surface area contributed by atoms with Gasteiger partial charge in [0.05, 0.1) is 33.0 Å². The Morgan fingerprint density at radius 3 is 2.42 bits per heavy atom. The van der Waals surface area contributed by atoms with Crippen LogP contribution in [-0.2, 0) is 9.84 Å². The number of nitrogens with one attached hydrogen (secondary N) is 2. The summed E-state index contributed by atoms with van der Waals surface area (Å²) >= 11 is 0. The number of urea groups is 1. The molecule has 12 heteroatoms. The van der Waals surface area contributed by atoms with Gasteiger partial charge in [-0.1, -0.05) is 0 Å². The molecule has 130 valence electrons. The highest BCUT2D eigenvalue weighted by molar-refractivity contribution is 7.91. The van der Waals surface area contributed by atoms with E-state index in [0.717, 1.165) is 18.2 Å². The molecule has 1 atom stereocenters. The number of anilines is 1. The van der Waals surface area contributed by atoms with Crippen LogP contribution >= 0.6 is 0 Å². The second-order valence-electron chi connectivity index (χ2n) is 5.70. The van der Waals surface area contributed by atoms with E-state index in [0.29, 0.717) is 0 Å². The summed E-state index contributed by atoms with van der Waals surface area (Å²) in [6.45, 7) is 1.56. The summed E-state index contributed by atoms with van der Waals surface area (Å²) in [5.74, 6) is -0.281. The van der Waals surface area contributed by atoms with Gasteiger partial charge < -0.3 is 10.6 Å². The normalized spacial score (nSPS) is 21.9. The summed E-state index contributed by atoms with van der Waals surface area (Å²) in [4.78, 5) is 32.0. The van der Waals surface area contributed by atoms with Crippen LogP contribution < -0.4 is 10.6 Å². The first-order chi connectivity index (χ1) is 11.0. The molecule has 24 heavy (non-hydrogen) atoms. The SMILES string of the molecule is C[C@]1(NC(=O)Nc2ccc([N+](=O)[O-])cc2[N+](=O)[O-])CCS(=O)(=O)C1. The Hall–Kier alpha value is -2.76. The van der Waals surface area contributed by atoms with Crippen molar-refractivity contribution in [3.05, 3.63) is 38.4 Å². The van der Waals surface area contributed by atoms with Crippen molar-refractivity contribution in [3.63, 3.8) is 0 Å². The van der Waals surface area contributed by atoms with Crippen LogP contribution in [0.5, 0.6) is 0 Å². The summed E-state index contributed by atoms with van der Waals surface area (Å²) < 4.78 is 23.0. The van der Waals surface area contributed by atoms with Crippen LogP contribution in [0.4, 0.5) is 21.9 Å². The Kier molecular flexibility index (Phi) is 4.42. The number of carbonyl (C=O) groups is 1. The Morgan fingerprint density at radius 2 is 1.92 bits per heavy atom. The monoisotopic (exact) mass is 358 g/mol. The van der Waals surface area contributed by atoms with Crippen LogP contribution in [0.25, 0.3) is 0 Å². The van der Waals surface area contributed by atoms with Gasteiger partial charge >= 0.3 is 6.03 Å². The number of sulfone groups is 1. The van der Waals surface area contributed by atoms with Crippen molar-refractivity contribution < 1.29 is 23.1 Å². The average Bonchev–Trinajstić information content (AvgIpc) is 2.71. The highest BCUT2D eigenvalue weighted by atomic mass is 32.2. The van der Waals surface area contributed by atoms with Crippen LogP contribution in [0.3, 0.4) is 0 Å². The molecule has 0 spiro atoms. The number of nitro benzene ring substituents is 2. The van der Waals surface area contributed by atoms with Gasteiger partial charge in [0, 0.05) is 6.07 Å². The van der Waals surface area contributed by atoms with Crippen LogP contribution in [0.1, 0.15) is 13.3 Å². The Morgan fingerprint density at radius 1 is 1.25 bits per heavy atom. The van der Waals surface area contributed by atoms with Gasteiger partial charge in [0.1, 0.15) is 5.69 Å². The Labute approximate surface area is 136 Å². The first kappa shape index (κ1) is 17.6. The molecular weight excluding hydrogens is 344 g/mol. The fourth-order valence-electron chi connectivity index (χ4n) is 2.43. The molecule has 1 aliphatic heterocycles. The molecule has 1 saturated heterocycles. The molecular formula is C12H14N4O7S. The highest BCUT2D eigenvalue weighted by Gasteiger charge is 2.39. The van der Waals surface area contributed by atoms with Gasteiger partial charge in [-0.25, -0.2) is 13.2 Å². The second-order valence-corrected chi connectivity index (χ2v) is 7.88. The zero-order valence-electron chi connectivity index (χ0n) is 12.5. The topological polar surface area (TPSA) is 162 Å². The number of amides is 2. The molecule has 0 unspecified atom stereocenters. The van der Waals surface area contributed by atoms with Gasteiger partial charge in [-0.05, 0) is 19.4 Å². The van der Waals surface area contributed by atoms with Gasteiger partial charge in [-0.2, -0.15) is 0 Å². The number of nitrogens with zero attached hydrogens (tertiary/aromatic N) is 2. The van der Waals surface area contributed by atoms with Crippen molar-refractivity contribution in [1.82, 2.24) is 5.32 Å². The van der Waals surface area contributed by atoms with E-state index >= 15 is 0 Å². The predicted octanol–water partition coefficient (Wildman–Crippen LogP) is 1.20. The molecule has 0 saturated carbocycles. The van der Waals surface area contributed by atoms with E-state index in [1.54, 1.807) is 6.92 Å². The maximum atomic E-state index is 12.0. The van der Waals surface area contributed by atoms with E-state index in [1.807, 2.05) is 0 Å². The molecule has 11 nitrogen and oxygen atoms in total. The lowest BCUT2D eigenvalue weighted by Crippen LogP contribution is -2.48. The number of hydrogen-bond acceptors (Lipinski definition) is 7. The molecule has 0 bridgehead atoms. The number of rotatable bonds is 4. The highest BCUT2D eigenvalue weighted by Crippen LogP contribution is 2.29. The molecule has 0 aromatic heterocycles. The summed E-state index contributed by atoms with van der Waals surface area (Å²) in [6, 6.07) is 1.97. The maximum Gasteiger partial charge on any atom is 0.319 e. The quantitative estimate of drug-likeness (QED) is 0.603. The fraction of sp³-hybridized carbons (Fsp3) is 0.417. The van der Waals surface area contributed by atoms with Crippen molar-refractivity contribution >= 4 is 32.9 Å². The van der Waals surface area contributed by atoms with Gasteiger partial charge in [0.2, 0.25) is 0 Å². The van der Waals surface area contributed by atoms with Crippen LogP contribution in [0, 0.1) is 20.2 Å². The molecule has 2 N–H and O–H groups in total. The van der Waals surface area contributed by atoms with Crippen LogP contribution in [-0.4, -0.2) is 41.3 Å². The average molecular weight is 358 g/mol. The fourth-order valence-corrected chi connectivity index (χ4v) is 4.52. The third-order valence-corrected chi connectivity index (χ3v) is 5.46. The molecule has 2 rings (SSSR count).